The summed E-state index contributed by atoms with van der Waals surface area (Å²) in [5, 5.41) is 1.25. The standard InChI is InChI=1S/C18H23ClN2/c1-14-13-18(16-9-5-6-10-17(16)20-14)21(12-11-19)15-7-3-2-4-8-15/h5-6,9-10,13,15H,2-4,7-8,11-12H2,1H3. The molecule has 2 aromatic rings. The van der Waals surface area contributed by atoms with Gasteiger partial charge in [-0.05, 0) is 31.9 Å². The van der Waals surface area contributed by atoms with Crippen LogP contribution >= 0.6 is 11.6 Å². The first kappa shape index (κ1) is 14.6. The predicted octanol–water partition coefficient (Wildman–Crippen LogP) is 4.92. The van der Waals surface area contributed by atoms with Gasteiger partial charge in [0, 0.05) is 35.2 Å². The summed E-state index contributed by atoms with van der Waals surface area (Å²) in [7, 11) is 0. The highest BCUT2D eigenvalue weighted by molar-refractivity contribution is 6.18. The molecule has 2 nitrogen and oxygen atoms in total. The molecule has 21 heavy (non-hydrogen) atoms. The lowest BCUT2D eigenvalue weighted by Crippen LogP contribution is -2.38. The predicted molar refractivity (Wildman–Crippen MR) is 91.4 cm³/mol. The zero-order valence-corrected chi connectivity index (χ0v) is 13.4. The quantitative estimate of drug-likeness (QED) is 0.745. The number of fused-ring (bicyclic) bond motifs is 1. The summed E-state index contributed by atoms with van der Waals surface area (Å²) in [5.74, 6) is 0.673. The Morgan fingerprint density at radius 2 is 1.95 bits per heavy atom. The van der Waals surface area contributed by atoms with Crippen LogP contribution in [0.15, 0.2) is 30.3 Å². The van der Waals surface area contributed by atoms with Crippen LogP contribution < -0.4 is 4.90 Å². The van der Waals surface area contributed by atoms with Crippen LogP contribution in [0.25, 0.3) is 10.9 Å². The molecular formula is C18H23ClN2. The second-order valence-corrected chi connectivity index (χ2v) is 6.35. The number of nitrogens with zero attached hydrogens (tertiary/aromatic N) is 2. The molecule has 0 bridgehead atoms. The Bertz CT molecular complexity index is 605. The fourth-order valence-corrected chi connectivity index (χ4v) is 3.69. The van der Waals surface area contributed by atoms with Crippen LogP contribution in [0.4, 0.5) is 5.69 Å². The van der Waals surface area contributed by atoms with E-state index in [9.17, 15) is 0 Å². The highest BCUT2D eigenvalue weighted by Gasteiger charge is 2.22. The van der Waals surface area contributed by atoms with Gasteiger partial charge in [0.2, 0.25) is 0 Å². The summed E-state index contributed by atoms with van der Waals surface area (Å²) in [5.41, 5.74) is 3.48. The highest BCUT2D eigenvalue weighted by Crippen LogP contribution is 2.32. The number of halogens is 1. The lowest BCUT2D eigenvalue weighted by Gasteiger charge is -2.36. The summed E-state index contributed by atoms with van der Waals surface area (Å²) >= 11 is 6.10. The van der Waals surface area contributed by atoms with Gasteiger partial charge in [-0.1, -0.05) is 37.5 Å². The fraction of sp³-hybridized carbons (Fsp3) is 0.500. The maximum atomic E-state index is 6.10. The molecule has 3 rings (SSSR count). The zero-order chi connectivity index (χ0) is 14.7. The molecule has 0 spiro atoms. The first-order valence-electron chi connectivity index (χ1n) is 7.98. The molecule has 0 aliphatic heterocycles. The number of benzene rings is 1. The zero-order valence-electron chi connectivity index (χ0n) is 12.7. The molecule has 0 radical (unpaired) electrons. The summed E-state index contributed by atoms with van der Waals surface area (Å²) < 4.78 is 0. The van der Waals surface area contributed by atoms with Gasteiger partial charge in [-0.2, -0.15) is 0 Å². The van der Waals surface area contributed by atoms with Gasteiger partial charge in [0.05, 0.1) is 5.52 Å². The third-order valence-electron chi connectivity index (χ3n) is 4.47. The van der Waals surface area contributed by atoms with E-state index in [1.807, 2.05) is 0 Å². The molecule has 1 aromatic heterocycles. The number of aryl methyl sites for hydroxylation is 1. The van der Waals surface area contributed by atoms with E-state index < -0.39 is 0 Å². The molecule has 0 N–H and O–H groups in total. The van der Waals surface area contributed by atoms with Gasteiger partial charge in [-0.15, -0.1) is 11.6 Å². The van der Waals surface area contributed by atoms with Crippen molar-refractivity contribution in [2.24, 2.45) is 0 Å². The fourth-order valence-electron chi connectivity index (χ4n) is 3.51. The first-order chi connectivity index (χ1) is 10.3. The van der Waals surface area contributed by atoms with Crippen molar-refractivity contribution in [3.05, 3.63) is 36.0 Å². The van der Waals surface area contributed by atoms with Crippen LogP contribution in [0, 0.1) is 6.92 Å². The molecule has 1 aliphatic rings. The Labute approximate surface area is 132 Å². The monoisotopic (exact) mass is 302 g/mol. The van der Waals surface area contributed by atoms with E-state index in [0.29, 0.717) is 11.9 Å². The third-order valence-corrected chi connectivity index (χ3v) is 4.64. The van der Waals surface area contributed by atoms with Gasteiger partial charge in [0.15, 0.2) is 0 Å². The Balaban J connectivity index is 2.05. The van der Waals surface area contributed by atoms with Crippen LogP contribution in [0.5, 0.6) is 0 Å². The number of rotatable bonds is 4. The average Bonchev–Trinajstić information content (AvgIpc) is 2.52. The Hall–Kier alpha value is -1.28. The molecular weight excluding hydrogens is 280 g/mol. The van der Waals surface area contributed by atoms with E-state index in [0.717, 1.165) is 17.8 Å². The van der Waals surface area contributed by atoms with Crippen molar-refractivity contribution in [3.63, 3.8) is 0 Å². The molecule has 1 saturated carbocycles. The maximum Gasteiger partial charge on any atom is 0.0726 e. The van der Waals surface area contributed by atoms with Gasteiger partial charge < -0.3 is 4.90 Å². The molecule has 1 fully saturated rings. The third kappa shape index (κ3) is 3.16. The van der Waals surface area contributed by atoms with Crippen molar-refractivity contribution in [2.45, 2.75) is 45.1 Å². The van der Waals surface area contributed by atoms with Crippen molar-refractivity contribution in [3.8, 4) is 0 Å². The lowest BCUT2D eigenvalue weighted by atomic mass is 9.93. The molecule has 0 unspecified atom stereocenters. The number of hydrogen-bond donors (Lipinski definition) is 0. The molecule has 1 aliphatic carbocycles. The molecule has 3 heteroatoms. The molecule has 1 aromatic carbocycles. The second kappa shape index (κ2) is 6.65. The largest absolute Gasteiger partial charge is 0.367 e. The Kier molecular flexibility index (Phi) is 4.64. The van der Waals surface area contributed by atoms with Crippen molar-refractivity contribution in [1.82, 2.24) is 4.98 Å². The van der Waals surface area contributed by atoms with E-state index in [-0.39, 0.29) is 0 Å². The number of aromatic nitrogens is 1. The van der Waals surface area contributed by atoms with E-state index in [2.05, 4.69) is 47.1 Å². The molecule has 112 valence electrons. The highest BCUT2D eigenvalue weighted by atomic mass is 35.5. The second-order valence-electron chi connectivity index (χ2n) is 5.97. The van der Waals surface area contributed by atoms with Gasteiger partial charge in [-0.3, -0.25) is 4.98 Å². The van der Waals surface area contributed by atoms with E-state index >= 15 is 0 Å². The van der Waals surface area contributed by atoms with Crippen LogP contribution in [-0.2, 0) is 0 Å². The topological polar surface area (TPSA) is 16.1 Å². The Morgan fingerprint density at radius 3 is 2.71 bits per heavy atom. The summed E-state index contributed by atoms with van der Waals surface area (Å²) in [4.78, 5) is 7.20. The summed E-state index contributed by atoms with van der Waals surface area (Å²) in [6.45, 7) is 3.00. The van der Waals surface area contributed by atoms with Crippen molar-refractivity contribution in [1.29, 1.82) is 0 Å². The van der Waals surface area contributed by atoms with Crippen LogP contribution in [-0.4, -0.2) is 23.5 Å². The smallest absolute Gasteiger partial charge is 0.0726 e. The van der Waals surface area contributed by atoms with Gasteiger partial charge in [0.25, 0.3) is 0 Å². The van der Waals surface area contributed by atoms with Gasteiger partial charge >= 0.3 is 0 Å². The molecule has 0 atom stereocenters. The maximum absolute atomic E-state index is 6.10. The van der Waals surface area contributed by atoms with Crippen LogP contribution in [0.2, 0.25) is 0 Å². The average molecular weight is 303 g/mol. The van der Waals surface area contributed by atoms with Crippen LogP contribution in [0.3, 0.4) is 0 Å². The number of para-hydroxylation sites is 1. The van der Waals surface area contributed by atoms with Crippen molar-refractivity contribution < 1.29 is 0 Å². The normalized spacial score (nSPS) is 16.3. The van der Waals surface area contributed by atoms with Gasteiger partial charge in [-0.25, -0.2) is 0 Å². The van der Waals surface area contributed by atoms with Gasteiger partial charge in [0.1, 0.15) is 0 Å². The number of alkyl halides is 1. The molecule has 0 amide bonds. The summed E-state index contributed by atoms with van der Waals surface area (Å²) in [6.07, 6.45) is 6.62. The SMILES string of the molecule is Cc1cc(N(CCCl)C2CCCCC2)c2ccccc2n1. The van der Waals surface area contributed by atoms with Crippen molar-refractivity contribution in [2.75, 3.05) is 17.3 Å². The van der Waals surface area contributed by atoms with Crippen molar-refractivity contribution >= 4 is 28.2 Å². The first-order valence-corrected chi connectivity index (χ1v) is 8.52. The summed E-state index contributed by atoms with van der Waals surface area (Å²) in [6, 6.07) is 11.3. The van der Waals surface area contributed by atoms with E-state index in [1.165, 1.54) is 43.2 Å². The minimum Gasteiger partial charge on any atom is -0.367 e. The van der Waals surface area contributed by atoms with E-state index in [1.54, 1.807) is 0 Å². The Morgan fingerprint density at radius 1 is 1.19 bits per heavy atom. The number of pyridine rings is 1. The minimum atomic E-state index is 0.628. The lowest BCUT2D eigenvalue weighted by molar-refractivity contribution is 0.419. The minimum absolute atomic E-state index is 0.628. The van der Waals surface area contributed by atoms with E-state index in [4.69, 9.17) is 11.6 Å². The molecule has 0 saturated heterocycles. The molecule has 1 heterocycles. The number of hydrogen-bond acceptors (Lipinski definition) is 2. The van der Waals surface area contributed by atoms with Crippen LogP contribution in [0.1, 0.15) is 37.8 Å². The number of anilines is 1.